The zero-order chi connectivity index (χ0) is 14.5. The molecule has 21 heavy (non-hydrogen) atoms. The fourth-order valence-electron chi connectivity index (χ4n) is 4.15. The highest BCUT2D eigenvalue weighted by Crippen LogP contribution is 2.37. The number of rotatable bonds is 4. The van der Waals surface area contributed by atoms with Crippen LogP contribution in [0.2, 0.25) is 0 Å². The summed E-state index contributed by atoms with van der Waals surface area (Å²) < 4.78 is 5.76. The Kier molecular flexibility index (Phi) is 5.18. The lowest BCUT2D eigenvalue weighted by molar-refractivity contribution is 0.253. The van der Waals surface area contributed by atoms with Gasteiger partial charge < -0.3 is 10.5 Å². The third kappa shape index (κ3) is 4.00. The van der Waals surface area contributed by atoms with E-state index in [-0.39, 0.29) is 0 Å². The van der Waals surface area contributed by atoms with Crippen molar-refractivity contribution in [3.05, 3.63) is 29.8 Å². The van der Waals surface area contributed by atoms with E-state index in [1.54, 1.807) is 0 Å². The lowest BCUT2D eigenvalue weighted by Gasteiger charge is -2.29. The normalized spacial score (nSPS) is 24.7. The van der Waals surface area contributed by atoms with Crippen molar-refractivity contribution >= 4 is 0 Å². The Morgan fingerprint density at radius 1 is 1.00 bits per heavy atom. The van der Waals surface area contributed by atoms with E-state index in [0.717, 1.165) is 31.1 Å². The van der Waals surface area contributed by atoms with Crippen molar-refractivity contribution in [2.24, 2.45) is 11.7 Å². The monoisotopic (exact) mass is 287 g/mol. The van der Waals surface area contributed by atoms with Crippen molar-refractivity contribution < 1.29 is 4.74 Å². The summed E-state index contributed by atoms with van der Waals surface area (Å²) >= 11 is 0. The van der Waals surface area contributed by atoms with Gasteiger partial charge in [-0.1, -0.05) is 56.7 Å². The number of hydrogen-bond donors (Lipinski definition) is 1. The Labute approximate surface area is 129 Å². The third-order valence-electron chi connectivity index (χ3n) is 5.28. The summed E-state index contributed by atoms with van der Waals surface area (Å²) in [4.78, 5) is 0. The van der Waals surface area contributed by atoms with Gasteiger partial charge in [-0.2, -0.15) is 0 Å². The van der Waals surface area contributed by atoms with Gasteiger partial charge in [0, 0.05) is 6.04 Å². The predicted octanol–water partition coefficient (Wildman–Crippen LogP) is 4.63. The number of fused-ring (bicyclic) bond motifs is 1. The lowest BCUT2D eigenvalue weighted by atomic mass is 9.84. The van der Waals surface area contributed by atoms with Crippen LogP contribution in [0.1, 0.15) is 69.3 Å². The molecule has 1 saturated carbocycles. The van der Waals surface area contributed by atoms with Crippen LogP contribution < -0.4 is 10.5 Å². The molecule has 3 rings (SSSR count). The van der Waals surface area contributed by atoms with Crippen LogP contribution in [0.4, 0.5) is 0 Å². The molecular weight excluding hydrogens is 258 g/mol. The quantitative estimate of drug-likeness (QED) is 0.819. The Morgan fingerprint density at radius 2 is 1.76 bits per heavy atom. The van der Waals surface area contributed by atoms with Crippen LogP contribution in [0.3, 0.4) is 0 Å². The Morgan fingerprint density at radius 3 is 2.57 bits per heavy atom. The number of ether oxygens (including phenoxy) is 1. The smallest absolute Gasteiger partial charge is 0.122 e. The molecule has 0 radical (unpaired) electrons. The SMILES string of the molecule is NC(CC1CCCCCC1)CC1CCOc2ccccc21. The number of benzene rings is 1. The van der Waals surface area contributed by atoms with Crippen molar-refractivity contribution in [3.8, 4) is 5.75 Å². The molecule has 2 heteroatoms. The number of para-hydroxylation sites is 1. The van der Waals surface area contributed by atoms with Crippen molar-refractivity contribution in [2.45, 2.75) is 69.7 Å². The lowest BCUT2D eigenvalue weighted by Crippen LogP contribution is -2.28. The summed E-state index contributed by atoms with van der Waals surface area (Å²) in [5.41, 5.74) is 7.88. The van der Waals surface area contributed by atoms with Gasteiger partial charge in [0.25, 0.3) is 0 Å². The zero-order valence-corrected chi connectivity index (χ0v) is 13.1. The van der Waals surface area contributed by atoms with Gasteiger partial charge in [-0.25, -0.2) is 0 Å². The first-order valence-corrected chi connectivity index (χ1v) is 8.80. The van der Waals surface area contributed by atoms with Crippen molar-refractivity contribution in [3.63, 3.8) is 0 Å². The average Bonchev–Trinajstić information content (AvgIpc) is 2.76. The second-order valence-corrected chi connectivity index (χ2v) is 6.96. The van der Waals surface area contributed by atoms with Gasteiger partial charge in [0.1, 0.15) is 5.75 Å². The van der Waals surface area contributed by atoms with E-state index in [1.165, 1.54) is 50.5 Å². The van der Waals surface area contributed by atoms with E-state index in [9.17, 15) is 0 Å². The molecule has 2 nitrogen and oxygen atoms in total. The molecule has 0 spiro atoms. The second-order valence-electron chi connectivity index (χ2n) is 6.96. The largest absolute Gasteiger partial charge is 0.493 e. The number of hydrogen-bond acceptors (Lipinski definition) is 2. The standard InChI is InChI=1S/C19H29NO/c20-17(13-15-7-3-1-2-4-8-15)14-16-11-12-21-19-10-6-5-9-18(16)19/h5-6,9-10,15-17H,1-4,7-8,11-14,20H2. The molecule has 2 unspecified atom stereocenters. The molecule has 0 aromatic heterocycles. The molecule has 1 heterocycles. The van der Waals surface area contributed by atoms with Gasteiger partial charge in [0.2, 0.25) is 0 Å². The molecule has 2 N–H and O–H groups in total. The molecule has 0 saturated heterocycles. The maximum atomic E-state index is 6.50. The van der Waals surface area contributed by atoms with Gasteiger partial charge >= 0.3 is 0 Å². The highest BCUT2D eigenvalue weighted by molar-refractivity contribution is 5.37. The minimum absolute atomic E-state index is 0.351. The molecular formula is C19H29NO. The van der Waals surface area contributed by atoms with E-state index in [4.69, 9.17) is 10.5 Å². The minimum atomic E-state index is 0.351. The van der Waals surface area contributed by atoms with Crippen LogP contribution in [-0.4, -0.2) is 12.6 Å². The first kappa shape index (κ1) is 14.9. The van der Waals surface area contributed by atoms with Crippen LogP contribution in [-0.2, 0) is 0 Å². The number of nitrogens with two attached hydrogens (primary N) is 1. The molecule has 2 aliphatic rings. The van der Waals surface area contributed by atoms with E-state index >= 15 is 0 Å². The fraction of sp³-hybridized carbons (Fsp3) is 0.684. The molecule has 1 aromatic carbocycles. The summed E-state index contributed by atoms with van der Waals surface area (Å²) in [6.45, 7) is 0.845. The van der Waals surface area contributed by atoms with Crippen LogP contribution in [0.5, 0.6) is 5.75 Å². The zero-order valence-electron chi connectivity index (χ0n) is 13.1. The van der Waals surface area contributed by atoms with Gasteiger partial charge in [0.15, 0.2) is 0 Å². The van der Waals surface area contributed by atoms with Crippen LogP contribution in [0.15, 0.2) is 24.3 Å². The fourth-order valence-corrected chi connectivity index (χ4v) is 4.15. The molecule has 1 fully saturated rings. The molecule has 1 aliphatic heterocycles. The van der Waals surface area contributed by atoms with E-state index in [1.807, 2.05) is 0 Å². The van der Waals surface area contributed by atoms with Crippen molar-refractivity contribution in [1.82, 2.24) is 0 Å². The molecule has 0 bridgehead atoms. The van der Waals surface area contributed by atoms with Gasteiger partial charge in [-0.05, 0) is 42.7 Å². The molecule has 2 atom stereocenters. The van der Waals surface area contributed by atoms with E-state index < -0.39 is 0 Å². The summed E-state index contributed by atoms with van der Waals surface area (Å²) in [6.07, 6.45) is 12.0. The first-order chi connectivity index (χ1) is 10.3. The third-order valence-corrected chi connectivity index (χ3v) is 5.28. The summed E-state index contributed by atoms with van der Waals surface area (Å²) in [5, 5.41) is 0. The van der Waals surface area contributed by atoms with E-state index in [2.05, 4.69) is 24.3 Å². The maximum Gasteiger partial charge on any atom is 0.122 e. The van der Waals surface area contributed by atoms with Crippen LogP contribution in [0.25, 0.3) is 0 Å². The van der Waals surface area contributed by atoms with Crippen LogP contribution >= 0.6 is 0 Å². The topological polar surface area (TPSA) is 35.2 Å². The summed E-state index contributed by atoms with van der Waals surface area (Å²) in [7, 11) is 0. The Balaban J connectivity index is 1.56. The van der Waals surface area contributed by atoms with Gasteiger partial charge in [-0.3, -0.25) is 0 Å². The predicted molar refractivity (Wildman–Crippen MR) is 87.7 cm³/mol. The highest BCUT2D eigenvalue weighted by atomic mass is 16.5. The summed E-state index contributed by atoms with van der Waals surface area (Å²) in [5.74, 6) is 2.55. The molecule has 0 amide bonds. The molecule has 116 valence electrons. The average molecular weight is 287 g/mol. The molecule has 1 aliphatic carbocycles. The minimum Gasteiger partial charge on any atom is -0.493 e. The van der Waals surface area contributed by atoms with Crippen molar-refractivity contribution in [1.29, 1.82) is 0 Å². The molecule has 1 aromatic rings. The summed E-state index contributed by atoms with van der Waals surface area (Å²) in [6, 6.07) is 8.85. The van der Waals surface area contributed by atoms with Crippen molar-refractivity contribution in [2.75, 3.05) is 6.61 Å². The first-order valence-electron chi connectivity index (χ1n) is 8.80. The van der Waals surface area contributed by atoms with Gasteiger partial charge in [0.05, 0.1) is 6.61 Å². The Bertz CT molecular complexity index is 437. The van der Waals surface area contributed by atoms with Gasteiger partial charge in [-0.15, -0.1) is 0 Å². The van der Waals surface area contributed by atoms with E-state index in [0.29, 0.717) is 12.0 Å². The van der Waals surface area contributed by atoms with Crippen LogP contribution in [0, 0.1) is 5.92 Å². The second kappa shape index (κ2) is 7.31. The maximum absolute atomic E-state index is 6.50. The Hall–Kier alpha value is -1.02. The highest BCUT2D eigenvalue weighted by Gasteiger charge is 2.24.